The van der Waals surface area contributed by atoms with Gasteiger partial charge in [-0.1, -0.05) is 0 Å². The molecule has 4 rings (SSSR count). The van der Waals surface area contributed by atoms with E-state index >= 15 is 4.39 Å². The average Bonchev–Trinajstić information content (AvgIpc) is 3.48. The van der Waals surface area contributed by atoms with Gasteiger partial charge in [0, 0.05) is 20.0 Å². The minimum atomic E-state index is -1.94. The van der Waals surface area contributed by atoms with Crippen molar-refractivity contribution < 1.29 is 33.0 Å². The van der Waals surface area contributed by atoms with Crippen LogP contribution in [-0.4, -0.2) is 80.4 Å². The third kappa shape index (κ3) is 4.32. The second-order valence-electron chi connectivity index (χ2n) is 8.13. The van der Waals surface area contributed by atoms with Gasteiger partial charge in [0.05, 0.1) is 19.7 Å². The summed E-state index contributed by atoms with van der Waals surface area (Å²) >= 11 is 0. The van der Waals surface area contributed by atoms with Crippen molar-refractivity contribution in [2.45, 2.75) is 57.3 Å². The van der Waals surface area contributed by atoms with Crippen molar-refractivity contribution in [3.63, 3.8) is 0 Å². The number of likely N-dealkylation sites (tertiary alicyclic amines) is 1. The van der Waals surface area contributed by atoms with Gasteiger partial charge in [-0.3, -0.25) is 19.0 Å². The smallest absolute Gasteiger partial charge is 0.333 e. The molecular weight excluding hydrogens is 455 g/mol. The van der Waals surface area contributed by atoms with Gasteiger partial charge >= 0.3 is 17.6 Å². The molecular formula is C20H25FN6O7. The quantitative estimate of drug-likeness (QED) is 0.535. The van der Waals surface area contributed by atoms with E-state index < -0.39 is 48.7 Å². The number of nitrogen functional groups attached to an aromatic ring is 1. The monoisotopic (exact) mass is 480 g/mol. The van der Waals surface area contributed by atoms with Crippen molar-refractivity contribution >= 4 is 35.0 Å². The maximum atomic E-state index is 15.2. The molecule has 13 nitrogen and oxygen atoms in total. The summed E-state index contributed by atoms with van der Waals surface area (Å²) in [4.78, 5) is 59.3. The van der Waals surface area contributed by atoms with Gasteiger partial charge in [0.2, 0.25) is 11.9 Å². The van der Waals surface area contributed by atoms with Crippen LogP contribution in [0.2, 0.25) is 0 Å². The molecule has 14 heteroatoms. The third-order valence-electron chi connectivity index (χ3n) is 5.89. The average molecular weight is 480 g/mol. The van der Waals surface area contributed by atoms with Gasteiger partial charge in [0.1, 0.15) is 18.2 Å². The molecule has 1 amide bonds. The highest BCUT2D eigenvalue weighted by molar-refractivity contribution is 5.79. The summed E-state index contributed by atoms with van der Waals surface area (Å²) in [5.74, 6) is -2.00. The maximum Gasteiger partial charge on any atom is 0.333 e. The third-order valence-corrected chi connectivity index (χ3v) is 5.89. The number of fused-ring (bicyclic) bond motifs is 1. The summed E-state index contributed by atoms with van der Waals surface area (Å²) < 4.78 is 32.7. The number of carbonyl (C=O) groups excluding carboxylic acids is 3. The minimum Gasteiger partial charge on any atom is -0.469 e. The maximum absolute atomic E-state index is 15.2. The van der Waals surface area contributed by atoms with Gasteiger partial charge in [-0.2, -0.15) is 4.98 Å². The number of amides is 1. The zero-order valence-corrected chi connectivity index (χ0v) is 18.7. The molecule has 2 aliphatic heterocycles. The Labute approximate surface area is 192 Å². The molecule has 2 fully saturated rings. The van der Waals surface area contributed by atoms with Crippen molar-refractivity contribution in [2.24, 2.45) is 0 Å². The SMILES string of the molecule is COC(=O)C[C@H]1O[C@@H](n2c(=O)n(CC(=O)N3CCCC3)c3cnc(N)nc32)[C@H](OC(C)=O)[C@@H]1F. The van der Waals surface area contributed by atoms with E-state index in [9.17, 15) is 19.2 Å². The Balaban J connectivity index is 1.78. The number of aromatic nitrogens is 4. The Morgan fingerprint density at radius 2 is 2.00 bits per heavy atom. The number of nitrogens with two attached hydrogens (primary N) is 1. The van der Waals surface area contributed by atoms with Crippen molar-refractivity contribution in [1.82, 2.24) is 24.0 Å². The van der Waals surface area contributed by atoms with Crippen LogP contribution in [0, 0.1) is 0 Å². The highest BCUT2D eigenvalue weighted by atomic mass is 19.1. The highest BCUT2D eigenvalue weighted by Crippen LogP contribution is 2.36. The van der Waals surface area contributed by atoms with Crippen LogP contribution in [0.15, 0.2) is 11.0 Å². The zero-order valence-electron chi connectivity index (χ0n) is 18.7. The lowest BCUT2D eigenvalue weighted by molar-refractivity contribution is -0.154. The largest absolute Gasteiger partial charge is 0.469 e. The molecule has 0 unspecified atom stereocenters. The van der Waals surface area contributed by atoms with E-state index in [2.05, 4.69) is 14.7 Å². The fourth-order valence-electron chi connectivity index (χ4n) is 4.29. The molecule has 0 spiro atoms. The Morgan fingerprint density at radius 1 is 1.29 bits per heavy atom. The second-order valence-corrected chi connectivity index (χ2v) is 8.13. The molecule has 2 aromatic rings. The number of halogens is 1. The molecule has 34 heavy (non-hydrogen) atoms. The summed E-state index contributed by atoms with van der Waals surface area (Å²) in [6, 6.07) is 0. The van der Waals surface area contributed by atoms with Crippen LogP contribution in [-0.2, 0) is 35.1 Å². The molecule has 0 bridgehead atoms. The first-order valence-corrected chi connectivity index (χ1v) is 10.8. The number of rotatable bonds is 6. The van der Waals surface area contributed by atoms with Crippen LogP contribution in [0.25, 0.3) is 11.2 Å². The number of hydrogen-bond acceptors (Lipinski definition) is 10. The van der Waals surface area contributed by atoms with E-state index in [1.807, 2.05) is 0 Å². The first kappa shape index (κ1) is 23.6. The predicted octanol–water partition coefficient (Wildman–Crippen LogP) is -0.472. The van der Waals surface area contributed by atoms with Crippen LogP contribution >= 0.6 is 0 Å². The van der Waals surface area contributed by atoms with Gasteiger partial charge in [-0.25, -0.2) is 18.7 Å². The van der Waals surface area contributed by atoms with Crippen molar-refractivity contribution in [2.75, 3.05) is 25.9 Å². The zero-order chi connectivity index (χ0) is 24.6. The van der Waals surface area contributed by atoms with E-state index in [1.165, 1.54) is 6.20 Å². The van der Waals surface area contributed by atoms with Crippen LogP contribution < -0.4 is 11.4 Å². The lowest BCUT2D eigenvalue weighted by atomic mass is 10.1. The minimum absolute atomic E-state index is 0.0280. The molecule has 2 saturated heterocycles. The number of nitrogens with zero attached hydrogens (tertiary/aromatic N) is 5. The second kappa shape index (κ2) is 9.37. The van der Waals surface area contributed by atoms with Crippen molar-refractivity contribution in [1.29, 1.82) is 0 Å². The molecule has 4 heterocycles. The normalized spacial score (nSPS) is 24.5. The predicted molar refractivity (Wildman–Crippen MR) is 113 cm³/mol. The molecule has 0 aliphatic carbocycles. The topological polar surface area (TPSA) is 161 Å². The summed E-state index contributed by atoms with van der Waals surface area (Å²) in [5, 5.41) is 0. The van der Waals surface area contributed by atoms with Gasteiger partial charge in [0.15, 0.2) is 24.2 Å². The van der Waals surface area contributed by atoms with Crippen LogP contribution in [0.4, 0.5) is 10.3 Å². The van der Waals surface area contributed by atoms with Gasteiger partial charge in [-0.15, -0.1) is 0 Å². The van der Waals surface area contributed by atoms with Gasteiger partial charge in [0.25, 0.3) is 0 Å². The van der Waals surface area contributed by atoms with Gasteiger partial charge in [-0.05, 0) is 12.8 Å². The summed E-state index contributed by atoms with van der Waals surface area (Å²) in [5.41, 5.74) is 5.11. The number of alkyl halides is 1. The molecule has 2 aromatic heterocycles. The Bertz CT molecular complexity index is 1170. The number of hydrogen-bond donors (Lipinski definition) is 1. The number of anilines is 1. The van der Waals surface area contributed by atoms with E-state index in [4.69, 9.17) is 15.2 Å². The molecule has 2 N–H and O–H groups in total. The Morgan fingerprint density at radius 3 is 2.65 bits per heavy atom. The standard InChI is InChI=1S/C20H25FN6O7/c1-10(28)33-16-15(21)12(7-14(30)32-2)34-18(16)27-17-11(8-23-19(22)24-17)26(20(27)31)9-13(29)25-5-3-4-6-25/h8,12,15-16,18H,3-7,9H2,1-2H3,(H2,22,23,24)/t12-,15-,16-,18-/m1/s1. The molecule has 4 atom stereocenters. The van der Waals surface area contributed by atoms with E-state index in [-0.39, 0.29) is 29.6 Å². The number of esters is 2. The lowest BCUT2D eigenvalue weighted by Gasteiger charge is -2.20. The van der Waals surface area contributed by atoms with E-state index in [0.717, 1.165) is 36.0 Å². The van der Waals surface area contributed by atoms with E-state index in [1.54, 1.807) is 4.90 Å². The molecule has 2 aliphatic rings. The highest BCUT2D eigenvalue weighted by Gasteiger charge is 2.50. The lowest BCUT2D eigenvalue weighted by Crippen LogP contribution is -2.39. The first-order valence-electron chi connectivity index (χ1n) is 10.8. The number of ether oxygens (including phenoxy) is 3. The van der Waals surface area contributed by atoms with E-state index in [0.29, 0.717) is 13.1 Å². The van der Waals surface area contributed by atoms with Crippen LogP contribution in [0.1, 0.15) is 32.4 Å². The van der Waals surface area contributed by atoms with Crippen molar-refractivity contribution in [3.05, 3.63) is 16.7 Å². The fourth-order valence-corrected chi connectivity index (χ4v) is 4.29. The Hall–Kier alpha value is -3.55. The fraction of sp³-hybridized carbons (Fsp3) is 0.600. The molecule has 0 saturated carbocycles. The molecule has 184 valence electrons. The summed E-state index contributed by atoms with van der Waals surface area (Å²) in [6.07, 6.45) is -3.76. The summed E-state index contributed by atoms with van der Waals surface area (Å²) in [7, 11) is 1.14. The van der Waals surface area contributed by atoms with Gasteiger partial charge < -0.3 is 24.8 Å². The molecule has 0 aromatic carbocycles. The Kier molecular flexibility index (Phi) is 6.50. The van der Waals surface area contributed by atoms with Crippen LogP contribution in [0.5, 0.6) is 0 Å². The number of carbonyl (C=O) groups is 3. The molecule has 0 radical (unpaired) electrons. The first-order chi connectivity index (χ1) is 16.2. The number of imidazole rings is 1. The number of methoxy groups -OCH3 is 1. The van der Waals surface area contributed by atoms with Crippen molar-refractivity contribution in [3.8, 4) is 0 Å². The van der Waals surface area contributed by atoms with Crippen LogP contribution in [0.3, 0.4) is 0 Å². The summed E-state index contributed by atoms with van der Waals surface area (Å²) in [6.45, 7) is 1.97.